The van der Waals surface area contributed by atoms with Gasteiger partial charge in [0.25, 0.3) is 0 Å². The number of hydrogen-bond acceptors (Lipinski definition) is 3. The summed E-state index contributed by atoms with van der Waals surface area (Å²) in [5.41, 5.74) is 2.98. The van der Waals surface area contributed by atoms with Gasteiger partial charge in [-0.3, -0.25) is 4.79 Å². The SMILES string of the molecule is COc1ccc(-c2csc(/C=C/C(=O)c3ccccc3)c2)cc1. The van der Waals surface area contributed by atoms with E-state index in [0.29, 0.717) is 5.56 Å². The van der Waals surface area contributed by atoms with Gasteiger partial charge in [0.2, 0.25) is 0 Å². The van der Waals surface area contributed by atoms with Crippen molar-refractivity contribution in [1.29, 1.82) is 0 Å². The maximum atomic E-state index is 12.1. The van der Waals surface area contributed by atoms with Gasteiger partial charge < -0.3 is 4.74 Å². The van der Waals surface area contributed by atoms with E-state index in [1.54, 1.807) is 24.5 Å². The second-order valence-corrected chi connectivity index (χ2v) is 5.97. The molecule has 0 N–H and O–H groups in total. The molecule has 114 valence electrons. The Labute approximate surface area is 139 Å². The molecule has 0 unspecified atom stereocenters. The number of carbonyl (C=O) groups is 1. The normalized spacial score (nSPS) is 10.8. The van der Waals surface area contributed by atoms with Gasteiger partial charge in [0.05, 0.1) is 7.11 Å². The number of allylic oxidation sites excluding steroid dienone is 1. The number of thiophene rings is 1. The molecular formula is C20H16O2S. The van der Waals surface area contributed by atoms with Gasteiger partial charge in [0.15, 0.2) is 5.78 Å². The highest BCUT2D eigenvalue weighted by atomic mass is 32.1. The van der Waals surface area contributed by atoms with Crippen LogP contribution in [0.15, 0.2) is 72.1 Å². The number of ketones is 1. The first kappa shape index (κ1) is 15.3. The lowest BCUT2D eigenvalue weighted by atomic mass is 10.1. The van der Waals surface area contributed by atoms with E-state index in [1.165, 1.54) is 0 Å². The topological polar surface area (TPSA) is 26.3 Å². The summed E-state index contributed by atoms with van der Waals surface area (Å²) in [5.74, 6) is 0.863. The van der Waals surface area contributed by atoms with E-state index in [0.717, 1.165) is 21.8 Å². The molecule has 1 aromatic heterocycles. The molecule has 1 heterocycles. The summed E-state index contributed by atoms with van der Waals surface area (Å²) in [6, 6.07) is 19.3. The van der Waals surface area contributed by atoms with Crippen molar-refractivity contribution in [3.8, 4) is 16.9 Å². The molecule has 0 aliphatic carbocycles. The first-order valence-electron chi connectivity index (χ1n) is 7.27. The Kier molecular flexibility index (Phi) is 4.69. The molecule has 0 saturated carbocycles. The molecule has 2 aromatic carbocycles. The molecule has 0 spiro atoms. The number of carbonyl (C=O) groups excluding carboxylic acids is 1. The molecule has 0 fully saturated rings. The Morgan fingerprint density at radius 2 is 1.74 bits per heavy atom. The Morgan fingerprint density at radius 3 is 2.43 bits per heavy atom. The molecule has 0 bridgehead atoms. The van der Waals surface area contributed by atoms with E-state index in [1.807, 2.05) is 60.7 Å². The fraction of sp³-hybridized carbons (Fsp3) is 0.0500. The highest BCUT2D eigenvalue weighted by Crippen LogP contribution is 2.28. The van der Waals surface area contributed by atoms with Gasteiger partial charge in [-0.2, -0.15) is 0 Å². The van der Waals surface area contributed by atoms with Crippen LogP contribution in [0.4, 0.5) is 0 Å². The summed E-state index contributed by atoms with van der Waals surface area (Å²) >= 11 is 1.62. The maximum Gasteiger partial charge on any atom is 0.185 e. The summed E-state index contributed by atoms with van der Waals surface area (Å²) in [6.45, 7) is 0. The lowest BCUT2D eigenvalue weighted by molar-refractivity contribution is 0.104. The zero-order chi connectivity index (χ0) is 16.1. The van der Waals surface area contributed by atoms with E-state index in [-0.39, 0.29) is 5.78 Å². The van der Waals surface area contributed by atoms with Gasteiger partial charge in [-0.25, -0.2) is 0 Å². The van der Waals surface area contributed by atoms with E-state index in [4.69, 9.17) is 4.74 Å². The minimum atomic E-state index is 0.0185. The van der Waals surface area contributed by atoms with Crippen LogP contribution in [0.3, 0.4) is 0 Å². The van der Waals surface area contributed by atoms with E-state index < -0.39 is 0 Å². The molecule has 0 atom stereocenters. The molecule has 0 aliphatic heterocycles. The van der Waals surface area contributed by atoms with Gasteiger partial charge in [0, 0.05) is 10.4 Å². The second-order valence-electron chi connectivity index (χ2n) is 5.03. The summed E-state index contributed by atoms with van der Waals surface area (Å²) in [6.07, 6.45) is 3.49. The van der Waals surface area contributed by atoms with E-state index in [9.17, 15) is 4.79 Å². The van der Waals surface area contributed by atoms with Crippen LogP contribution >= 0.6 is 11.3 Å². The van der Waals surface area contributed by atoms with Gasteiger partial charge >= 0.3 is 0 Å². The largest absolute Gasteiger partial charge is 0.497 e. The highest BCUT2D eigenvalue weighted by Gasteiger charge is 2.03. The molecular weight excluding hydrogens is 304 g/mol. The number of hydrogen-bond donors (Lipinski definition) is 0. The van der Waals surface area contributed by atoms with Gasteiger partial charge in [-0.05, 0) is 46.9 Å². The predicted octanol–water partition coefficient (Wildman–Crippen LogP) is 5.32. The smallest absolute Gasteiger partial charge is 0.185 e. The fourth-order valence-corrected chi connectivity index (χ4v) is 3.04. The average Bonchev–Trinajstić information content (AvgIpc) is 3.09. The molecule has 3 heteroatoms. The standard InChI is InChI=1S/C20H16O2S/c1-22-18-9-7-15(8-10-18)17-13-19(23-14-17)11-12-20(21)16-5-3-2-4-6-16/h2-14H,1H3/b12-11+. The molecule has 0 radical (unpaired) electrons. The zero-order valence-electron chi connectivity index (χ0n) is 12.7. The Bertz CT molecular complexity index is 814. The van der Waals surface area contributed by atoms with Crippen LogP contribution in [-0.2, 0) is 0 Å². The third kappa shape index (κ3) is 3.76. The predicted molar refractivity (Wildman–Crippen MR) is 96.1 cm³/mol. The number of ether oxygens (including phenoxy) is 1. The molecule has 2 nitrogen and oxygen atoms in total. The summed E-state index contributed by atoms with van der Waals surface area (Å²) in [5, 5.41) is 2.09. The molecule has 23 heavy (non-hydrogen) atoms. The van der Waals surface area contributed by atoms with Crippen molar-refractivity contribution in [2.45, 2.75) is 0 Å². The third-order valence-electron chi connectivity index (χ3n) is 3.50. The first-order valence-corrected chi connectivity index (χ1v) is 8.14. The van der Waals surface area contributed by atoms with Crippen LogP contribution in [-0.4, -0.2) is 12.9 Å². The van der Waals surface area contributed by atoms with Crippen molar-refractivity contribution in [1.82, 2.24) is 0 Å². The molecule has 3 aromatic rings. The van der Waals surface area contributed by atoms with Crippen molar-refractivity contribution in [3.63, 3.8) is 0 Å². The van der Waals surface area contributed by atoms with Crippen molar-refractivity contribution in [2.24, 2.45) is 0 Å². The van der Waals surface area contributed by atoms with Crippen LogP contribution in [0.5, 0.6) is 5.75 Å². The Morgan fingerprint density at radius 1 is 1.00 bits per heavy atom. The number of methoxy groups -OCH3 is 1. The van der Waals surface area contributed by atoms with Crippen LogP contribution in [0, 0.1) is 0 Å². The lowest BCUT2D eigenvalue weighted by Gasteiger charge is -2.00. The summed E-state index contributed by atoms with van der Waals surface area (Å²) in [4.78, 5) is 13.1. The third-order valence-corrected chi connectivity index (χ3v) is 4.40. The van der Waals surface area contributed by atoms with Crippen LogP contribution in [0.2, 0.25) is 0 Å². The zero-order valence-corrected chi connectivity index (χ0v) is 13.5. The average molecular weight is 320 g/mol. The van der Waals surface area contributed by atoms with Crippen molar-refractivity contribution in [3.05, 3.63) is 82.6 Å². The lowest BCUT2D eigenvalue weighted by Crippen LogP contribution is -1.92. The molecule has 0 aliphatic rings. The van der Waals surface area contributed by atoms with Crippen molar-refractivity contribution >= 4 is 23.2 Å². The summed E-state index contributed by atoms with van der Waals surface area (Å²) in [7, 11) is 1.66. The minimum absolute atomic E-state index is 0.0185. The summed E-state index contributed by atoms with van der Waals surface area (Å²) < 4.78 is 5.17. The van der Waals surface area contributed by atoms with E-state index in [2.05, 4.69) is 11.4 Å². The van der Waals surface area contributed by atoms with Crippen LogP contribution in [0.1, 0.15) is 15.2 Å². The van der Waals surface area contributed by atoms with Gasteiger partial charge in [-0.1, -0.05) is 42.5 Å². The Hall–Kier alpha value is -2.65. The Balaban J connectivity index is 1.74. The quantitative estimate of drug-likeness (QED) is 0.470. The molecule has 3 rings (SSSR count). The second kappa shape index (κ2) is 7.07. The maximum absolute atomic E-state index is 12.1. The first-order chi connectivity index (χ1) is 11.3. The van der Waals surface area contributed by atoms with Gasteiger partial charge in [-0.15, -0.1) is 11.3 Å². The highest BCUT2D eigenvalue weighted by molar-refractivity contribution is 7.11. The number of rotatable bonds is 5. The van der Waals surface area contributed by atoms with Crippen LogP contribution < -0.4 is 4.74 Å². The number of benzene rings is 2. The monoisotopic (exact) mass is 320 g/mol. The minimum Gasteiger partial charge on any atom is -0.497 e. The fourth-order valence-electron chi connectivity index (χ4n) is 2.23. The van der Waals surface area contributed by atoms with Crippen LogP contribution in [0.25, 0.3) is 17.2 Å². The van der Waals surface area contributed by atoms with E-state index >= 15 is 0 Å². The van der Waals surface area contributed by atoms with Gasteiger partial charge in [0.1, 0.15) is 5.75 Å². The van der Waals surface area contributed by atoms with Crippen molar-refractivity contribution in [2.75, 3.05) is 7.11 Å². The molecule has 0 amide bonds. The molecule has 0 saturated heterocycles. The van der Waals surface area contributed by atoms with Crippen molar-refractivity contribution < 1.29 is 9.53 Å².